The van der Waals surface area contributed by atoms with Gasteiger partial charge in [0, 0.05) is 0 Å². The van der Waals surface area contributed by atoms with Gasteiger partial charge in [-0.1, -0.05) is 0 Å². The average molecular weight is 119 g/mol. The summed E-state index contributed by atoms with van der Waals surface area (Å²) in [5, 5.41) is 0.250. The third kappa shape index (κ3) is 2.68. The van der Waals surface area contributed by atoms with E-state index in [0.29, 0.717) is 0 Å². The monoisotopic (exact) mass is 119 g/mol. The molecule has 0 aliphatic carbocycles. The van der Waals surface area contributed by atoms with Crippen LogP contribution in [0.15, 0.2) is 0 Å². The number of aldehydes is 1. The molecular weight excluding hydrogens is 108 g/mol. The highest BCUT2D eigenvalue weighted by atomic mass is 32.2. The van der Waals surface area contributed by atoms with Gasteiger partial charge in [0.05, 0.1) is 12.5 Å². The summed E-state index contributed by atoms with van der Waals surface area (Å²) in [5.41, 5.74) is 0. The fraction of sp³-hybridized carbons (Fsp3) is 0.800. The van der Waals surface area contributed by atoms with Crippen molar-refractivity contribution in [2.24, 2.45) is 0 Å². The highest BCUT2D eigenvalue weighted by Gasteiger charge is 2.11. The van der Waals surface area contributed by atoms with Crippen LogP contribution in [0.1, 0.15) is 6.92 Å². The zero-order chi connectivity index (χ0) is 5.86. The van der Waals surface area contributed by atoms with E-state index >= 15 is 0 Å². The lowest BCUT2D eigenvalue weighted by molar-refractivity contribution is -0.107. The molecular formula is C5H11OS+. The molecule has 2 heteroatoms. The van der Waals surface area contributed by atoms with Crippen LogP contribution in [0.4, 0.5) is 0 Å². The molecule has 0 saturated carbocycles. The van der Waals surface area contributed by atoms with E-state index in [2.05, 4.69) is 12.5 Å². The first kappa shape index (κ1) is 7.02. The second-order valence-corrected chi connectivity index (χ2v) is 4.22. The normalized spacial score (nSPS) is 14.3. The summed E-state index contributed by atoms with van der Waals surface area (Å²) in [6, 6.07) is 0. The van der Waals surface area contributed by atoms with Crippen LogP contribution in [0.25, 0.3) is 0 Å². The van der Waals surface area contributed by atoms with Gasteiger partial charge in [0.25, 0.3) is 0 Å². The lowest BCUT2D eigenvalue weighted by Crippen LogP contribution is -2.15. The van der Waals surface area contributed by atoms with Gasteiger partial charge in [-0.05, 0) is 17.8 Å². The van der Waals surface area contributed by atoms with Crippen molar-refractivity contribution >= 4 is 17.2 Å². The summed E-state index contributed by atoms with van der Waals surface area (Å²) in [7, 11) is 0.272. The van der Waals surface area contributed by atoms with Crippen molar-refractivity contribution in [2.45, 2.75) is 12.2 Å². The molecule has 0 spiro atoms. The van der Waals surface area contributed by atoms with Gasteiger partial charge in [0.15, 0.2) is 11.5 Å². The minimum Gasteiger partial charge on any atom is -0.298 e. The number of carbonyl (C=O) groups excluding carboxylic acids is 1. The highest BCUT2D eigenvalue weighted by molar-refractivity contribution is 7.96. The molecule has 0 amide bonds. The van der Waals surface area contributed by atoms with E-state index in [-0.39, 0.29) is 16.1 Å². The maximum Gasteiger partial charge on any atom is 0.171 e. The van der Waals surface area contributed by atoms with Crippen molar-refractivity contribution in [2.75, 3.05) is 12.5 Å². The van der Waals surface area contributed by atoms with E-state index in [4.69, 9.17) is 0 Å². The average Bonchev–Trinajstić information content (AvgIpc) is 1.65. The first-order valence-electron chi connectivity index (χ1n) is 2.20. The third-order valence-electron chi connectivity index (χ3n) is 0.935. The molecule has 7 heavy (non-hydrogen) atoms. The van der Waals surface area contributed by atoms with Crippen molar-refractivity contribution < 1.29 is 4.79 Å². The first-order chi connectivity index (χ1) is 3.18. The maximum absolute atomic E-state index is 9.95. The van der Waals surface area contributed by atoms with Crippen LogP contribution in [0, 0.1) is 0 Å². The molecule has 0 aliphatic rings. The lowest BCUT2D eigenvalue weighted by Gasteiger charge is -1.94. The number of carbonyl (C=O) groups is 1. The molecule has 0 N–H and O–H groups in total. The van der Waals surface area contributed by atoms with E-state index in [9.17, 15) is 4.79 Å². The van der Waals surface area contributed by atoms with Crippen LogP contribution in [0.5, 0.6) is 0 Å². The van der Waals surface area contributed by atoms with Gasteiger partial charge in [-0.2, -0.15) is 0 Å². The minimum absolute atomic E-state index is 0.250. The summed E-state index contributed by atoms with van der Waals surface area (Å²) in [6.45, 7) is 1.94. The Kier molecular flexibility index (Phi) is 3.09. The van der Waals surface area contributed by atoms with Gasteiger partial charge in [-0.15, -0.1) is 0 Å². The Morgan fingerprint density at radius 1 is 1.57 bits per heavy atom. The first-order valence-corrected chi connectivity index (χ1v) is 4.30. The van der Waals surface area contributed by atoms with Crippen LogP contribution in [0.2, 0.25) is 0 Å². The van der Waals surface area contributed by atoms with Crippen LogP contribution < -0.4 is 0 Å². The van der Waals surface area contributed by atoms with Crippen LogP contribution in [-0.4, -0.2) is 24.0 Å². The van der Waals surface area contributed by atoms with E-state index < -0.39 is 0 Å². The molecule has 0 bridgehead atoms. The zero-order valence-corrected chi connectivity index (χ0v) is 5.79. The second kappa shape index (κ2) is 3.08. The van der Waals surface area contributed by atoms with Crippen LogP contribution >= 0.6 is 0 Å². The molecule has 0 rings (SSSR count). The standard InChI is InChI=1S/C5H11OS/c1-5(4-6)7(2)3/h4-5H,1-3H3/q+1. The van der Waals surface area contributed by atoms with E-state index in [1.54, 1.807) is 0 Å². The van der Waals surface area contributed by atoms with Gasteiger partial charge >= 0.3 is 0 Å². The number of hydrogen-bond acceptors (Lipinski definition) is 1. The molecule has 1 nitrogen and oxygen atoms in total. The Balaban J connectivity index is 3.33. The topological polar surface area (TPSA) is 17.1 Å². The predicted octanol–water partition coefficient (Wildman–Crippen LogP) is 0.452. The van der Waals surface area contributed by atoms with Crippen molar-refractivity contribution in [1.82, 2.24) is 0 Å². The highest BCUT2D eigenvalue weighted by Crippen LogP contribution is 1.91. The van der Waals surface area contributed by atoms with Gasteiger partial charge in [0.2, 0.25) is 0 Å². The van der Waals surface area contributed by atoms with Gasteiger partial charge in [-0.3, -0.25) is 4.79 Å². The van der Waals surface area contributed by atoms with Crippen molar-refractivity contribution in [1.29, 1.82) is 0 Å². The van der Waals surface area contributed by atoms with Crippen LogP contribution in [0.3, 0.4) is 0 Å². The third-order valence-corrected chi connectivity index (χ3v) is 2.53. The van der Waals surface area contributed by atoms with Gasteiger partial charge in [-0.25, -0.2) is 0 Å². The Bertz CT molecular complexity index is 61.1. The van der Waals surface area contributed by atoms with Gasteiger partial charge < -0.3 is 0 Å². The molecule has 0 aromatic heterocycles. The fourth-order valence-electron chi connectivity index (χ4n) is 0.111. The Labute approximate surface area is 47.5 Å². The molecule has 0 aromatic rings. The zero-order valence-electron chi connectivity index (χ0n) is 4.97. The largest absolute Gasteiger partial charge is 0.298 e. The number of hydrogen-bond donors (Lipinski definition) is 0. The van der Waals surface area contributed by atoms with E-state index in [0.717, 1.165) is 6.29 Å². The summed E-state index contributed by atoms with van der Waals surface area (Å²) < 4.78 is 0. The van der Waals surface area contributed by atoms with Crippen molar-refractivity contribution in [3.05, 3.63) is 0 Å². The summed E-state index contributed by atoms with van der Waals surface area (Å²) in [6.07, 6.45) is 5.14. The SMILES string of the molecule is CC(C=O)[S+](C)C. The molecule has 1 unspecified atom stereocenters. The summed E-state index contributed by atoms with van der Waals surface area (Å²) in [4.78, 5) is 9.95. The Morgan fingerprint density at radius 2 is 2.00 bits per heavy atom. The molecule has 0 aliphatic heterocycles. The maximum atomic E-state index is 9.95. The minimum atomic E-state index is 0.250. The predicted molar refractivity (Wildman–Crippen MR) is 34.7 cm³/mol. The Morgan fingerprint density at radius 3 is 2.00 bits per heavy atom. The van der Waals surface area contributed by atoms with Crippen molar-refractivity contribution in [3.63, 3.8) is 0 Å². The lowest BCUT2D eigenvalue weighted by atomic mass is 10.5. The molecule has 0 radical (unpaired) electrons. The quantitative estimate of drug-likeness (QED) is 0.381. The van der Waals surface area contributed by atoms with Gasteiger partial charge in [0.1, 0.15) is 0 Å². The fourth-order valence-corrected chi connectivity index (χ4v) is 0.333. The molecule has 1 atom stereocenters. The molecule has 0 heterocycles. The van der Waals surface area contributed by atoms with E-state index in [1.807, 2.05) is 6.92 Å². The smallest absolute Gasteiger partial charge is 0.171 e. The second-order valence-electron chi connectivity index (χ2n) is 1.72. The number of rotatable bonds is 2. The van der Waals surface area contributed by atoms with Crippen LogP contribution in [-0.2, 0) is 15.7 Å². The summed E-state index contributed by atoms with van der Waals surface area (Å²) >= 11 is 0. The molecule has 0 aromatic carbocycles. The molecule has 42 valence electrons. The Hall–Kier alpha value is 0.0200. The summed E-state index contributed by atoms with van der Waals surface area (Å²) in [5.74, 6) is 0. The van der Waals surface area contributed by atoms with E-state index in [1.165, 1.54) is 0 Å². The molecule has 0 fully saturated rings. The van der Waals surface area contributed by atoms with Crippen molar-refractivity contribution in [3.8, 4) is 0 Å². The molecule has 0 saturated heterocycles.